The number of methoxy groups -OCH3 is 1. The third-order valence-electron chi connectivity index (χ3n) is 4.56. The largest absolute Gasteiger partial charge is 0.465 e. The van der Waals surface area contributed by atoms with Crippen LogP contribution in [0.5, 0.6) is 0 Å². The second kappa shape index (κ2) is 8.56. The summed E-state index contributed by atoms with van der Waals surface area (Å²) in [7, 11) is 1.31. The summed E-state index contributed by atoms with van der Waals surface area (Å²) < 4.78 is 15.2. The van der Waals surface area contributed by atoms with Crippen molar-refractivity contribution in [1.29, 1.82) is 0 Å². The fourth-order valence-corrected chi connectivity index (χ4v) is 2.81. The van der Waals surface area contributed by atoms with Crippen LogP contribution in [-0.4, -0.2) is 19.0 Å². The molecule has 0 radical (unpaired) electrons. The summed E-state index contributed by atoms with van der Waals surface area (Å²) in [6.07, 6.45) is 2.87. The van der Waals surface area contributed by atoms with E-state index in [4.69, 9.17) is 9.15 Å². The van der Waals surface area contributed by atoms with Crippen LogP contribution in [0.25, 0.3) is 17.0 Å². The molecule has 0 amide bonds. The number of esters is 2. The molecule has 29 heavy (non-hydrogen) atoms. The lowest BCUT2D eigenvalue weighted by Gasteiger charge is -2.08. The Bertz CT molecular complexity index is 1150. The molecule has 0 spiro atoms. The van der Waals surface area contributed by atoms with Gasteiger partial charge in [-0.3, -0.25) is 0 Å². The summed E-state index contributed by atoms with van der Waals surface area (Å²) in [4.78, 5) is 35.3. The number of carbonyl (C=O) groups excluding carboxylic acids is 2. The summed E-state index contributed by atoms with van der Waals surface area (Å²) in [5.74, 6) is -0.975. The van der Waals surface area contributed by atoms with E-state index in [-0.39, 0.29) is 6.61 Å². The number of hydrogen-bond acceptors (Lipinski definition) is 6. The van der Waals surface area contributed by atoms with Gasteiger partial charge in [-0.05, 0) is 60.9 Å². The van der Waals surface area contributed by atoms with Crippen molar-refractivity contribution in [3.05, 3.63) is 86.8 Å². The minimum Gasteiger partial charge on any atom is -0.465 e. The molecule has 0 aliphatic rings. The molecular formula is C23H20O6. The number of aryl methyl sites for hydroxylation is 2. The maximum atomic E-state index is 12.1. The van der Waals surface area contributed by atoms with Crippen LogP contribution in [0.1, 0.15) is 32.6 Å². The SMILES string of the molecule is COC(=O)c1ccc(/C=C/C(=O)OCc2cc(=O)oc3cc(C)c(C)cc23)cc1. The van der Waals surface area contributed by atoms with E-state index in [0.717, 1.165) is 22.1 Å². The van der Waals surface area contributed by atoms with Crippen LogP contribution in [0.15, 0.2) is 57.8 Å². The molecule has 0 saturated heterocycles. The Morgan fingerprint density at radius 3 is 2.41 bits per heavy atom. The number of hydrogen-bond donors (Lipinski definition) is 0. The highest BCUT2D eigenvalue weighted by Crippen LogP contribution is 2.22. The zero-order chi connectivity index (χ0) is 21.0. The van der Waals surface area contributed by atoms with Crippen molar-refractivity contribution in [3.8, 4) is 0 Å². The molecule has 6 heteroatoms. The highest BCUT2D eigenvalue weighted by Gasteiger charge is 2.10. The minimum absolute atomic E-state index is 0.0466. The van der Waals surface area contributed by atoms with Gasteiger partial charge in [0.05, 0.1) is 12.7 Å². The lowest BCUT2D eigenvalue weighted by atomic mass is 10.0. The van der Waals surface area contributed by atoms with Crippen molar-refractivity contribution in [1.82, 2.24) is 0 Å². The van der Waals surface area contributed by atoms with Crippen molar-refractivity contribution in [2.45, 2.75) is 20.5 Å². The average Bonchev–Trinajstić information content (AvgIpc) is 2.71. The van der Waals surface area contributed by atoms with Crippen LogP contribution in [0.4, 0.5) is 0 Å². The van der Waals surface area contributed by atoms with Gasteiger partial charge in [0, 0.05) is 23.1 Å². The Hall–Kier alpha value is -3.67. The molecule has 0 unspecified atom stereocenters. The molecule has 148 valence electrons. The van der Waals surface area contributed by atoms with Crippen molar-refractivity contribution in [2.75, 3.05) is 7.11 Å². The van der Waals surface area contributed by atoms with Gasteiger partial charge in [0.2, 0.25) is 0 Å². The summed E-state index contributed by atoms with van der Waals surface area (Å²) in [6, 6.07) is 11.6. The van der Waals surface area contributed by atoms with E-state index in [1.807, 2.05) is 19.9 Å². The molecule has 6 nitrogen and oxygen atoms in total. The quantitative estimate of drug-likeness (QED) is 0.371. The lowest BCUT2D eigenvalue weighted by Crippen LogP contribution is -2.06. The topological polar surface area (TPSA) is 82.8 Å². The Morgan fingerprint density at radius 1 is 1.03 bits per heavy atom. The minimum atomic E-state index is -0.549. The third-order valence-corrected chi connectivity index (χ3v) is 4.56. The first-order valence-electron chi connectivity index (χ1n) is 8.94. The first-order valence-corrected chi connectivity index (χ1v) is 8.94. The molecule has 3 rings (SSSR count). The molecule has 1 heterocycles. The number of ether oxygens (including phenoxy) is 2. The van der Waals surface area contributed by atoms with Gasteiger partial charge >= 0.3 is 17.6 Å². The molecule has 0 saturated carbocycles. The van der Waals surface area contributed by atoms with Gasteiger partial charge in [-0.1, -0.05) is 12.1 Å². The fourth-order valence-electron chi connectivity index (χ4n) is 2.81. The highest BCUT2D eigenvalue weighted by atomic mass is 16.5. The van der Waals surface area contributed by atoms with Gasteiger partial charge in [0.15, 0.2) is 0 Å². The zero-order valence-corrected chi connectivity index (χ0v) is 16.4. The van der Waals surface area contributed by atoms with E-state index in [9.17, 15) is 14.4 Å². The summed E-state index contributed by atoms with van der Waals surface area (Å²) in [5.41, 5.74) is 3.77. The summed E-state index contributed by atoms with van der Waals surface area (Å²) in [6.45, 7) is 3.85. The molecule has 3 aromatic rings. The lowest BCUT2D eigenvalue weighted by molar-refractivity contribution is -0.138. The second-order valence-corrected chi connectivity index (χ2v) is 6.58. The third kappa shape index (κ3) is 4.79. The Balaban J connectivity index is 1.71. The monoisotopic (exact) mass is 392 g/mol. The first-order chi connectivity index (χ1) is 13.9. The van der Waals surface area contributed by atoms with Crippen LogP contribution in [0, 0.1) is 13.8 Å². The zero-order valence-electron chi connectivity index (χ0n) is 16.4. The molecule has 1 aromatic heterocycles. The molecule has 0 atom stereocenters. The van der Waals surface area contributed by atoms with Crippen molar-refractivity contribution in [3.63, 3.8) is 0 Å². The van der Waals surface area contributed by atoms with Gasteiger partial charge in [-0.15, -0.1) is 0 Å². The molecule has 0 fully saturated rings. The number of benzene rings is 2. The van der Waals surface area contributed by atoms with Crippen LogP contribution in [0.3, 0.4) is 0 Å². The Labute approximate surface area is 167 Å². The summed E-state index contributed by atoms with van der Waals surface area (Å²) in [5, 5.41) is 0.739. The van der Waals surface area contributed by atoms with Gasteiger partial charge in [0.1, 0.15) is 12.2 Å². The molecule has 0 N–H and O–H groups in total. The van der Waals surface area contributed by atoms with E-state index in [1.165, 1.54) is 19.3 Å². The fraction of sp³-hybridized carbons (Fsp3) is 0.174. The molecule has 0 aliphatic carbocycles. The van der Waals surface area contributed by atoms with Crippen LogP contribution in [0.2, 0.25) is 0 Å². The van der Waals surface area contributed by atoms with Gasteiger partial charge in [0.25, 0.3) is 0 Å². The van der Waals surface area contributed by atoms with Gasteiger partial charge in [-0.25, -0.2) is 14.4 Å². The maximum absolute atomic E-state index is 12.1. The maximum Gasteiger partial charge on any atom is 0.337 e. The molecule has 0 aliphatic heterocycles. The average molecular weight is 392 g/mol. The predicted molar refractivity (Wildman–Crippen MR) is 109 cm³/mol. The van der Waals surface area contributed by atoms with Crippen LogP contribution < -0.4 is 5.63 Å². The highest BCUT2D eigenvalue weighted by molar-refractivity contribution is 5.90. The van der Waals surface area contributed by atoms with Gasteiger partial charge < -0.3 is 13.9 Å². The van der Waals surface area contributed by atoms with Crippen LogP contribution >= 0.6 is 0 Å². The second-order valence-electron chi connectivity index (χ2n) is 6.58. The number of carbonyl (C=O) groups is 2. The van der Waals surface area contributed by atoms with E-state index in [0.29, 0.717) is 16.7 Å². The Kier molecular flexibility index (Phi) is 5.93. The van der Waals surface area contributed by atoms with Crippen molar-refractivity contribution >= 4 is 29.0 Å². The predicted octanol–water partition coefficient (Wildman–Crippen LogP) is 3.95. The summed E-state index contributed by atoms with van der Waals surface area (Å²) >= 11 is 0. The van der Waals surface area contributed by atoms with E-state index >= 15 is 0 Å². The van der Waals surface area contributed by atoms with E-state index in [1.54, 1.807) is 36.4 Å². The normalized spacial score (nSPS) is 11.0. The number of rotatable bonds is 5. The standard InChI is InChI=1S/C23H20O6/c1-14-10-19-18(12-22(25)29-20(19)11-15(14)2)13-28-21(24)9-6-16-4-7-17(8-5-16)23(26)27-3/h4-12H,13H2,1-3H3/b9-6+. The van der Waals surface area contributed by atoms with E-state index < -0.39 is 17.6 Å². The first kappa shape index (κ1) is 20.1. The van der Waals surface area contributed by atoms with E-state index in [2.05, 4.69) is 4.74 Å². The molecule has 0 bridgehead atoms. The molecule has 2 aromatic carbocycles. The van der Waals surface area contributed by atoms with Crippen molar-refractivity contribution in [2.24, 2.45) is 0 Å². The number of fused-ring (bicyclic) bond motifs is 1. The smallest absolute Gasteiger partial charge is 0.337 e. The van der Waals surface area contributed by atoms with Gasteiger partial charge in [-0.2, -0.15) is 0 Å². The Morgan fingerprint density at radius 2 is 1.72 bits per heavy atom. The van der Waals surface area contributed by atoms with Crippen LogP contribution in [-0.2, 0) is 20.9 Å². The van der Waals surface area contributed by atoms with Crippen molar-refractivity contribution < 1.29 is 23.5 Å². The molecular weight excluding hydrogens is 372 g/mol.